The molecule has 0 saturated carbocycles. The fraction of sp³-hybridized carbons (Fsp3) is 0.0556. The number of carbonyl (C=O) groups excluding carboxylic acids is 5. The normalized spacial score (nSPS) is 12.4. The van der Waals surface area contributed by atoms with Crippen LogP contribution in [-0.4, -0.2) is 30.2 Å². The van der Waals surface area contributed by atoms with Crippen molar-refractivity contribution in [2.75, 3.05) is 0 Å². The molecule has 0 amide bonds. The highest BCUT2D eigenvalue weighted by atomic mass is 16.6. The summed E-state index contributed by atoms with van der Waals surface area (Å²) < 4.78 is 8.81. The van der Waals surface area contributed by atoms with Crippen LogP contribution in [0.5, 0.6) is 0 Å². The Labute approximate surface area is 141 Å². The number of fused-ring (bicyclic) bond motifs is 1. The second-order valence-corrected chi connectivity index (χ2v) is 5.27. The second kappa shape index (κ2) is 6.12. The monoisotopic (exact) mass is 338 g/mol. The number of ketones is 1. The van der Waals surface area contributed by atoms with Crippen LogP contribution in [0.25, 0.3) is 0 Å². The van der Waals surface area contributed by atoms with E-state index in [9.17, 15) is 24.0 Å². The lowest BCUT2D eigenvalue weighted by Crippen LogP contribution is -2.11. The van der Waals surface area contributed by atoms with Crippen molar-refractivity contribution in [1.82, 2.24) is 0 Å². The highest BCUT2D eigenvalue weighted by molar-refractivity contribution is 6.22. The average molecular weight is 338 g/mol. The van der Waals surface area contributed by atoms with Crippen molar-refractivity contribution in [3.05, 3.63) is 69.8 Å². The first-order valence-electron chi connectivity index (χ1n) is 7.13. The molecule has 0 unspecified atom stereocenters. The van der Waals surface area contributed by atoms with Crippen LogP contribution in [0.15, 0.2) is 36.4 Å². The Morgan fingerprint density at radius 1 is 1.04 bits per heavy atom. The molecule has 0 N–H and O–H groups in total. The van der Waals surface area contributed by atoms with Crippen molar-refractivity contribution in [2.24, 2.45) is 0 Å². The molecule has 25 heavy (non-hydrogen) atoms. The number of ether oxygens (including phenoxy) is 2. The highest BCUT2D eigenvalue weighted by Crippen LogP contribution is 2.26. The molecule has 0 spiro atoms. The molecule has 0 aromatic heterocycles. The first kappa shape index (κ1) is 16.3. The van der Waals surface area contributed by atoms with Crippen LogP contribution < -0.4 is 0 Å². The maximum Gasteiger partial charge on any atom is 0.347 e. The fourth-order valence-corrected chi connectivity index (χ4v) is 2.62. The molecule has 2 aromatic carbocycles. The van der Waals surface area contributed by atoms with E-state index < -0.39 is 23.7 Å². The van der Waals surface area contributed by atoms with E-state index in [4.69, 9.17) is 0 Å². The zero-order valence-electron chi connectivity index (χ0n) is 12.9. The largest absolute Gasteiger partial charge is 0.392 e. The Morgan fingerprint density at radius 3 is 2.48 bits per heavy atom. The van der Waals surface area contributed by atoms with E-state index >= 15 is 0 Å². The van der Waals surface area contributed by atoms with Gasteiger partial charge in [0.05, 0.1) is 16.7 Å². The lowest BCUT2D eigenvalue weighted by Gasteiger charge is -2.07. The lowest BCUT2D eigenvalue weighted by atomic mass is 9.94. The first-order valence-corrected chi connectivity index (χ1v) is 7.13. The fourth-order valence-electron chi connectivity index (χ4n) is 2.62. The van der Waals surface area contributed by atoms with Gasteiger partial charge in [-0.25, -0.2) is 14.4 Å². The highest BCUT2D eigenvalue weighted by Gasteiger charge is 2.34. The van der Waals surface area contributed by atoms with Crippen molar-refractivity contribution in [2.45, 2.75) is 6.92 Å². The molecule has 2 aromatic rings. The van der Waals surface area contributed by atoms with Gasteiger partial charge in [0.1, 0.15) is 0 Å². The van der Waals surface area contributed by atoms with Crippen LogP contribution in [-0.2, 0) is 14.3 Å². The standard InChI is InChI=1S/C18H10O7/c1-9-7-10(5-6-11(9)16(21)24-8-19)15(20)12-3-2-4-13-14(12)18(23)25-17(13)22/h2-8H,1H3. The molecule has 7 nitrogen and oxygen atoms in total. The molecule has 1 aliphatic heterocycles. The molecule has 1 aliphatic rings. The van der Waals surface area contributed by atoms with Gasteiger partial charge in [-0.2, -0.15) is 0 Å². The van der Waals surface area contributed by atoms with Crippen LogP contribution in [0, 0.1) is 6.92 Å². The third kappa shape index (κ3) is 2.72. The average Bonchev–Trinajstić information content (AvgIpc) is 2.89. The van der Waals surface area contributed by atoms with Gasteiger partial charge in [0.15, 0.2) is 5.78 Å². The summed E-state index contributed by atoms with van der Waals surface area (Å²) in [6.07, 6.45) is 0. The smallest absolute Gasteiger partial charge is 0.347 e. The van der Waals surface area contributed by atoms with Gasteiger partial charge in [-0.05, 0) is 30.7 Å². The van der Waals surface area contributed by atoms with E-state index in [2.05, 4.69) is 9.47 Å². The molecular formula is C18H10O7. The van der Waals surface area contributed by atoms with Crippen molar-refractivity contribution in [3.8, 4) is 0 Å². The minimum absolute atomic E-state index is 0.0245. The molecule has 7 heteroatoms. The Morgan fingerprint density at radius 2 is 1.80 bits per heavy atom. The molecule has 0 radical (unpaired) electrons. The molecule has 0 atom stereocenters. The Bertz CT molecular complexity index is 956. The van der Waals surface area contributed by atoms with Gasteiger partial charge in [-0.1, -0.05) is 18.2 Å². The number of cyclic esters (lactones) is 2. The van der Waals surface area contributed by atoms with Crippen molar-refractivity contribution >= 4 is 30.2 Å². The molecule has 0 bridgehead atoms. The summed E-state index contributed by atoms with van der Waals surface area (Å²) in [6.45, 7) is 1.60. The van der Waals surface area contributed by atoms with Gasteiger partial charge in [0.25, 0.3) is 0 Å². The number of hydrogen-bond acceptors (Lipinski definition) is 7. The van der Waals surface area contributed by atoms with Crippen molar-refractivity contribution < 1.29 is 33.4 Å². The van der Waals surface area contributed by atoms with E-state index in [0.717, 1.165) is 0 Å². The van der Waals surface area contributed by atoms with Gasteiger partial charge in [-0.15, -0.1) is 0 Å². The third-order valence-corrected chi connectivity index (χ3v) is 3.78. The minimum Gasteiger partial charge on any atom is -0.392 e. The molecule has 0 aliphatic carbocycles. The predicted molar refractivity (Wildman–Crippen MR) is 82.3 cm³/mol. The van der Waals surface area contributed by atoms with E-state index in [1.54, 1.807) is 6.92 Å². The quantitative estimate of drug-likeness (QED) is 0.363. The number of aryl methyl sites for hydroxylation is 1. The Kier molecular flexibility index (Phi) is 3.98. The predicted octanol–water partition coefficient (Wildman–Crippen LogP) is 1.85. The molecular weight excluding hydrogens is 328 g/mol. The van der Waals surface area contributed by atoms with E-state index in [-0.39, 0.29) is 34.3 Å². The van der Waals surface area contributed by atoms with Gasteiger partial charge in [0, 0.05) is 11.1 Å². The molecule has 124 valence electrons. The zero-order valence-corrected chi connectivity index (χ0v) is 12.9. The number of carbonyl (C=O) groups is 5. The van der Waals surface area contributed by atoms with E-state index in [1.807, 2.05) is 0 Å². The van der Waals surface area contributed by atoms with Crippen LogP contribution in [0.2, 0.25) is 0 Å². The summed E-state index contributed by atoms with van der Waals surface area (Å²) in [4.78, 5) is 58.0. The number of benzene rings is 2. The molecule has 0 fully saturated rings. The summed E-state index contributed by atoms with van der Waals surface area (Å²) in [5.41, 5.74) is 0.774. The van der Waals surface area contributed by atoms with Gasteiger partial charge in [-0.3, -0.25) is 9.59 Å². The molecule has 1 heterocycles. The van der Waals surface area contributed by atoms with Crippen molar-refractivity contribution in [1.29, 1.82) is 0 Å². The lowest BCUT2D eigenvalue weighted by molar-refractivity contribution is -0.123. The summed E-state index contributed by atoms with van der Waals surface area (Å²) in [5, 5.41) is 0. The second-order valence-electron chi connectivity index (χ2n) is 5.27. The van der Waals surface area contributed by atoms with Gasteiger partial charge >= 0.3 is 24.4 Å². The maximum atomic E-state index is 12.7. The summed E-state index contributed by atoms with van der Waals surface area (Å²) in [5.74, 6) is -2.99. The maximum absolute atomic E-state index is 12.7. The van der Waals surface area contributed by atoms with Gasteiger partial charge in [0.2, 0.25) is 0 Å². The summed E-state index contributed by atoms with van der Waals surface area (Å²) >= 11 is 0. The van der Waals surface area contributed by atoms with Crippen LogP contribution in [0.1, 0.15) is 52.6 Å². The summed E-state index contributed by atoms with van der Waals surface area (Å²) in [7, 11) is 0. The third-order valence-electron chi connectivity index (χ3n) is 3.78. The van der Waals surface area contributed by atoms with Crippen LogP contribution >= 0.6 is 0 Å². The zero-order chi connectivity index (χ0) is 18.1. The van der Waals surface area contributed by atoms with E-state index in [0.29, 0.717) is 5.56 Å². The summed E-state index contributed by atoms with van der Waals surface area (Å²) in [6, 6.07) is 8.47. The number of hydrogen-bond donors (Lipinski definition) is 0. The SMILES string of the molecule is Cc1cc(C(=O)c2cccc3c2C(=O)OC3=O)ccc1C(=O)OC=O. The Hall–Kier alpha value is -3.61. The van der Waals surface area contributed by atoms with Crippen molar-refractivity contribution in [3.63, 3.8) is 0 Å². The minimum atomic E-state index is -0.869. The number of esters is 3. The van der Waals surface area contributed by atoms with Gasteiger partial charge < -0.3 is 9.47 Å². The van der Waals surface area contributed by atoms with E-state index in [1.165, 1.54) is 36.4 Å². The van der Waals surface area contributed by atoms with Crippen LogP contribution in [0.3, 0.4) is 0 Å². The Balaban J connectivity index is 2.02. The molecule has 0 saturated heterocycles. The van der Waals surface area contributed by atoms with Crippen LogP contribution in [0.4, 0.5) is 0 Å². The molecule has 3 rings (SSSR count). The number of rotatable bonds is 4. The topological polar surface area (TPSA) is 104 Å². The first-order chi connectivity index (χ1) is 11.9.